The summed E-state index contributed by atoms with van der Waals surface area (Å²) in [5, 5.41) is 0. The van der Waals surface area contributed by atoms with E-state index in [4.69, 9.17) is 4.74 Å². The number of unbranched alkanes of at least 4 members (excludes halogenated alkanes) is 14. The molecule has 156 valence electrons. The Morgan fingerprint density at radius 2 is 1.12 bits per heavy atom. The molecule has 0 aliphatic rings. The zero-order valence-electron chi connectivity index (χ0n) is 18.6. The molecule has 0 bridgehead atoms. The van der Waals surface area contributed by atoms with Gasteiger partial charge in [-0.25, -0.2) is 0 Å². The lowest BCUT2D eigenvalue weighted by Crippen LogP contribution is -2.07. The molecule has 0 aromatic carbocycles. The van der Waals surface area contributed by atoms with E-state index in [1.807, 2.05) is 7.11 Å². The number of methoxy groups -OCH3 is 1. The fraction of sp³-hybridized carbons (Fsp3) is 0.920. The summed E-state index contributed by atoms with van der Waals surface area (Å²) in [5.74, 6) is 0.727. The van der Waals surface area contributed by atoms with E-state index in [1.54, 1.807) is 0 Å². The van der Waals surface area contributed by atoms with Gasteiger partial charge in [0.05, 0.1) is 0 Å². The van der Waals surface area contributed by atoms with Gasteiger partial charge in [-0.05, 0) is 31.6 Å². The van der Waals surface area contributed by atoms with Crippen LogP contribution in [0.3, 0.4) is 0 Å². The fourth-order valence-corrected chi connectivity index (χ4v) is 3.70. The van der Waals surface area contributed by atoms with Gasteiger partial charge >= 0.3 is 0 Å². The quantitative estimate of drug-likeness (QED) is 0.145. The molecule has 0 radical (unpaired) electrons. The van der Waals surface area contributed by atoms with E-state index in [0.29, 0.717) is 0 Å². The van der Waals surface area contributed by atoms with E-state index in [9.17, 15) is 0 Å². The van der Waals surface area contributed by atoms with Gasteiger partial charge in [0.2, 0.25) is 0 Å². The van der Waals surface area contributed by atoms with E-state index < -0.39 is 0 Å². The van der Waals surface area contributed by atoms with E-state index in [0.717, 1.165) is 12.5 Å². The van der Waals surface area contributed by atoms with Gasteiger partial charge in [-0.2, -0.15) is 0 Å². The topological polar surface area (TPSA) is 9.23 Å². The molecule has 1 atom stereocenters. The number of rotatable bonds is 21. The number of hydrogen-bond donors (Lipinski definition) is 0. The third kappa shape index (κ3) is 20.0. The highest BCUT2D eigenvalue weighted by atomic mass is 16.5. The average Bonchev–Trinajstić information content (AvgIpc) is 2.65. The molecule has 1 nitrogen and oxygen atoms in total. The van der Waals surface area contributed by atoms with Crippen LogP contribution >= 0.6 is 0 Å². The second kappa shape index (κ2) is 22.7. The monoisotopic (exact) mass is 366 g/mol. The van der Waals surface area contributed by atoms with Crippen molar-refractivity contribution in [2.75, 3.05) is 13.7 Å². The fourth-order valence-electron chi connectivity index (χ4n) is 3.70. The van der Waals surface area contributed by atoms with Crippen molar-refractivity contribution in [2.45, 2.75) is 129 Å². The third-order valence-electron chi connectivity index (χ3n) is 5.48. The first-order chi connectivity index (χ1) is 12.8. The van der Waals surface area contributed by atoms with Crippen LogP contribution in [0.4, 0.5) is 0 Å². The Morgan fingerprint density at radius 1 is 0.615 bits per heavy atom. The molecule has 1 heteroatoms. The Kier molecular flexibility index (Phi) is 22.5. The Balaban J connectivity index is 3.53. The molecule has 1 unspecified atom stereocenters. The van der Waals surface area contributed by atoms with E-state index in [1.165, 1.54) is 116 Å². The molecule has 0 heterocycles. The van der Waals surface area contributed by atoms with Gasteiger partial charge in [-0.3, -0.25) is 0 Å². The normalized spacial score (nSPS) is 12.9. The number of hydrogen-bond acceptors (Lipinski definition) is 1. The molecular formula is C25H50O. The Bertz CT molecular complexity index is 271. The molecule has 0 aromatic rings. The van der Waals surface area contributed by atoms with Crippen molar-refractivity contribution in [1.29, 1.82) is 0 Å². The van der Waals surface area contributed by atoms with Crippen LogP contribution < -0.4 is 0 Å². The lowest BCUT2D eigenvalue weighted by atomic mass is 9.97. The van der Waals surface area contributed by atoms with Gasteiger partial charge in [-0.15, -0.1) is 0 Å². The SMILES string of the molecule is CCCCCCCCC/C=C/CC(CCCCCCCCCC)COC. The van der Waals surface area contributed by atoms with E-state index >= 15 is 0 Å². The maximum Gasteiger partial charge on any atom is 0.0493 e. The summed E-state index contributed by atoms with van der Waals surface area (Å²) >= 11 is 0. The Hall–Kier alpha value is -0.300. The molecule has 0 aliphatic heterocycles. The standard InChI is InChI=1S/C25H50O/c1-4-6-8-10-12-14-15-17-19-21-23-25(24-26-3)22-20-18-16-13-11-9-7-5-2/h19,21,25H,4-18,20,22-24H2,1-3H3/b21-19+. The van der Waals surface area contributed by atoms with Gasteiger partial charge in [0, 0.05) is 13.7 Å². The second-order valence-electron chi connectivity index (χ2n) is 8.20. The smallest absolute Gasteiger partial charge is 0.0493 e. The molecule has 0 N–H and O–H groups in total. The van der Waals surface area contributed by atoms with E-state index in [2.05, 4.69) is 26.0 Å². The summed E-state index contributed by atoms with van der Waals surface area (Å²) in [4.78, 5) is 0. The zero-order valence-corrected chi connectivity index (χ0v) is 18.6. The first-order valence-corrected chi connectivity index (χ1v) is 12.0. The number of allylic oxidation sites excluding steroid dienone is 2. The maximum atomic E-state index is 5.43. The molecule has 0 aliphatic carbocycles. The van der Waals surface area contributed by atoms with Crippen LogP contribution in [0.25, 0.3) is 0 Å². The van der Waals surface area contributed by atoms with Crippen LogP contribution in [0, 0.1) is 5.92 Å². The van der Waals surface area contributed by atoms with Crippen molar-refractivity contribution in [3.05, 3.63) is 12.2 Å². The van der Waals surface area contributed by atoms with Crippen LogP contribution in [-0.4, -0.2) is 13.7 Å². The third-order valence-corrected chi connectivity index (χ3v) is 5.48. The van der Waals surface area contributed by atoms with Crippen molar-refractivity contribution in [3.8, 4) is 0 Å². The highest BCUT2D eigenvalue weighted by molar-refractivity contribution is 4.84. The van der Waals surface area contributed by atoms with Gasteiger partial charge in [0.25, 0.3) is 0 Å². The molecule has 0 spiro atoms. The Morgan fingerprint density at radius 3 is 1.65 bits per heavy atom. The first-order valence-electron chi connectivity index (χ1n) is 12.0. The Labute approximate surface area is 166 Å². The van der Waals surface area contributed by atoms with Crippen LogP contribution in [0.2, 0.25) is 0 Å². The van der Waals surface area contributed by atoms with Gasteiger partial charge in [0.1, 0.15) is 0 Å². The molecule has 0 rings (SSSR count). The van der Waals surface area contributed by atoms with Crippen LogP contribution in [0.15, 0.2) is 12.2 Å². The van der Waals surface area contributed by atoms with Crippen LogP contribution in [-0.2, 0) is 4.74 Å². The second-order valence-corrected chi connectivity index (χ2v) is 8.20. The minimum absolute atomic E-state index is 0.727. The van der Waals surface area contributed by atoms with Crippen molar-refractivity contribution < 1.29 is 4.74 Å². The molecule has 0 fully saturated rings. The highest BCUT2D eigenvalue weighted by Crippen LogP contribution is 2.17. The van der Waals surface area contributed by atoms with Gasteiger partial charge in [-0.1, -0.05) is 116 Å². The maximum absolute atomic E-state index is 5.43. The van der Waals surface area contributed by atoms with Crippen LogP contribution in [0.5, 0.6) is 0 Å². The van der Waals surface area contributed by atoms with Crippen molar-refractivity contribution >= 4 is 0 Å². The van der Waals surface area contributed by atoms with E-state index in [-0.39, 0.29) is 0 Å². The molecule has 26 heavy (non-hydrogen) atoms. The van der Waals surface area contributed by atoms with Crippen LogP contribution in [0.1, 0.15) is 129 Å². The summed E-state index contributed by atoms with van der Waals surface area (Å²) in [6.07, 6.45) is 29.8. The van der Waals surface area contributed by atoms with Crippen molar-refractivity contribution in [3.63, 3.8) is 0 Å². The van der Waals surface area contributed by atoms with Crippen molar-refractivity contribution in [1.82, 2.24) is 0 Å². The van der Waals surface area contributed by atoms with Gasteiger partial charge < -0.3 is 4.74 Å². The molecule has 0 saturated carbocycles. The molecule has 0 aromatic heterocycles. The summed E-state index contributed by atoms with van der Waals surface area (Å²) in [7, 11) is 1.85. The summed E-state index contributed by atoms with van der Waals surface area (Å²) in [5.41, 5.74) is 0. The minimum Gasteiger partial charge on any atom is -0.384 e. The summed E-state index contributed by atoms with van der Waals surface area (Å²) in [6.45, 7) is 5.51. The lowest BCUT2D eigenvalue weighted by Gasteiger charge is -2.13. The predicted octanol–water partition coefficient (Wildman–Crippen LogP) is 8.87. The lowest BCUT2D eigenvalue weighted by molar-refractivity contribution is 0.147. The molecule has 0 saturated heterocycles. The molecular weight excluding hydrogens is 316 g/mol. The minimum atomic E-state index is 0.727. The largest absolute Gasteiger partial charge is 0.384 e. The predicted molar refractivity (Wildman–Crippen MR) is 119 cm³/mol. The van der Waals surface area contributed by atoms with Crippen molar-refractivity contribution in [2.24, 2.45) is 5.92 Å². The van der Waals surface area contributed by atoms with Gasteiger partial charge in [0.15, 0.2) is 0 Å². The number of ether oxygens (including phenoxy) is 1. The summed E-state index contributed by atoms with van der Waals surface area (Å²) in [6, 6.07) is 0. The summed E-state index contributed by atoms with van der Waals surface area (Å²) < 4.78 is 5.43. The first kappa shape index (κ1) is 25.7. The average molecular weight is 367 g/mol. The molecule has 0 amide bonds. The zero-order chi connectivity index (χ0) is 19.1. The highest BCUT2D eigenvalue weighted by Gasteiger charge is 2.06.